The molecule has 0 bridgehead atoms. The van der Waals surface area contributed by atoms with Crippen LogP contribution < -0.4 is 19.7 Å². The number of nitrogens with zero attached hydrogens (tertiary/aromatic N) is 2. The number of carbonyl (C=O) groups excluding carboxylic acids is 4. The average molecular weight is 608 g/mol. The molecule has 11 heteroatoms. The molecule has 9 nitrogen and oxygen atoms in total. The van der Waals surface area contributed by atoms with Gasteiger partial charge in [0.05, 0.1) is 22.8 Å². The van der Waals surface area contributed by atoms with Crippen molar-refractivity contribution >= 4 is 58.7 Å². The van der Waals surface area contributed by atoms with Crippen LogP contribution in [0.4, 0.5) is 10.5 Å². The van der Waals surface area contributed by atoms with Crippen LogP contribution in [0.3, 0.4) is 0 Å². The van der Waals surface area contributed by atoms with Gasteiger partial charge in [-0.15, -0.1) is 0 Å². The van der Waals surface area contributed by atoms with E-state index in [1.165, 1.54) is 31.4 Å². The number of urea groups is 1. The zero-order valence-corrected chi connectivity index (χ0v) is 24.2. The lowest BCUT2D eigenvalue weighted by Gasteiger charge is -2.26. The van der Waals surface area contributed by atoms with Gasteiger partial charge in [0.2, 0.25) is 0 Å². The fraction of sp³-hybridized carbons (Fsp3) is 0.226. The molecule has 0 aromatic heterocycles. The van der Waals surface area contributed by atoms with E-state index in [2.05, 4.69) is 5.32 Å². The number of barbiturate groups is 1. The van der Waals surface area contributed by atoms with Gasteiger partial charge < -0.3 is 14.4 Å². The molecule has 2 saturated heterocycles. The van der Waals surface area contributed by atoms with Crippen LogP contribution in [0.25, 0.3) is 6.08 Å². The third-order valence-corrected chi connectivity index (χ3v) is 7.74. The fourth-order valence-corrected chi connectivity index (χ4v) is 5.05. The molecular formula is C31H27Cl2N3O6. The number of amides is 5. The predicted molar refractivity (Wildman–Crippen MR) is 159 cm³/mol. The third kappa shape index (κ3) is 6.27. The number of halogens is 2. The number of likely N-dealkylation sites (tertiary alicyclic amines) is 1. The van der Waals surface area contributed by atoms with Crippen LogP contribution in [-0.4, -0.2) is 48.9 Å². The lowest BCUT2D eigenvalue weighted by molar-refractivity contribution is -0.122. The highest BCUT2D eigenvalue weighted by Gasteiger charge is 2.37. The van der Waals surface area contributed by atoms with Crippen molar-refractivity contribution in [3.05, 3.63) is 93.0 Å². The number of anilines is 1. The summed E-state index contributed by atoms with van der Waals surface area (Å²) in [5.74, 6) is -0.780. The molecule has 1 N–H and O–H groups in total. The summed E-state index contributed by atoms with van der Waals surface area (Å²) in [5, 5.41) is 2.58. The largest absolute Gasteiger partial charge is 0.493 e. The van der Waals surface area contributed by atoms with Gasteiger partial charge in [-0.25, -0.2) is 9.69 Å². The van der Waals surface area contributed by atoms with Crippen molar-refractivity contribution in [3.8, 4) is 11.5 Å². The Bertz CT molecular complexity index is 1580. The van der Waals surface area contributed by atoms with Crippen LogP contribution in [0.2, 0.25) is 10.0 Å². The molecule has 0 spiro atoms. The Morgan fingerprint density at radius 1 is 0.905 bits per heavy atom. The fourth-order valence-electron chi connectivity index (χ4n) is 4.76. The Balaban J connectivity index is 1.29. The minimum absolute atomic E-state index is 0.0446. The normalized spacial score (nSPS) is 16.5. The minimum Gasteiger partial charge on any atom is -0.493 e. The monoisotopic (exact) mass is 607 g/mol. The van der Waals surface area contributed by atoms with Gasteiger partial charge in [0, 0.05) is 18.7 Å². The summed E-state index contributed by atoms with van der Waals surface area (Å²) in [6.45, 7) is 1.82. The van der Waals surface area contributed by atoms with Crippen molar-refractivity contribution in [3.63, 3.8) is 0 Å². The lowest BCUT2D eigenvalue weighted by atomic mass is 10.1. The van der Waals surface area contributed by atoms with E-state index in [-0.39, 0.29) is 33.8 Å². The van der Waals surface area contributed by atoms with Crippen LogP contribution in [0, 0.1) is 0 Å². The number of methoxy groups -OCH3 is 1. The highest BCUT2D eigenvalue weighted by molar-refractivity contribution is 6.43. The molecule has 0 radical (unpaired) electrons. The number of rotatable bonds is 7. The summed E-state index contributed by atoms with van der Waals surface area (Å²) in [7, 11) is 1.48. The van der Waals surface area contributed by atoms with Crippen LogP contribution in [-0.2, 0) is 16.2 Å². The summed E-state index contributed by atoms with van der Waals surface area (Å²) < 4.78 is 11.4. The molecular weight excluding hydrogens is 581 g/mol. The molecule has 3 aromatic carbocycles. The first-order valence-corrected chi connectivity index (χ1v) is 14.1. The quantitative estimate of drug-likeness (QED) is 0.266. The number of carbonyl (C=O) groups is 4. The van der Waals surface area contributed by atoms with Crippen molar-refractivity contribution in [1.29, 1.82) is 0 Å². The van der Waals surface area contributed by atoms with Crippen LogP contribution in [0.1, 0.15) is 40.7 Å². The summed E-state index contributed by atoms with van der Waals surface area (Å²) in [6, 6.07) is 15.6. The highest BCUT2D eigenvalue weighted by Crippen LogP contribution is 2.32. The highest BCUT2D eigenvalue weighted by atomic mass is 35.5. The molecule has 3 aromatic rings. The number of piperidine rings is 1. The standard InChI is InChI=1S/C31H27Cl2N3O6/c1-41-27-16-20(15-23-28(37)34-31(40)36(30(23)39)22-10-11-24(32)25(33)17-22)7-12-26(27)42-18-19-5-8-21(9-6-19)29(38)35-13-3-2-4-14-35/h5-12,15-17H,2-4,13-14,18H2,1H3,(H,34,37,40)/b23-15+. The number of imide groups is 2. The summed E-state index contributed by atoms with van der Waals surface area (Å²) in [6.07, 6.45) is 4.60. The second-order valence-electron chi connectivity index (χ2n) is 9.81. The molecule has 2 aliphatic heterocycles. The first-order chi connectivity index (χ1) is 20.2. The summed E-state index contributed by atoms with van der Waals surface area (Å²) in [5.41, 5.74) is 1.90. The molecule has 0 unspecified atom stereocenters. The van der Waals surface area contributed by atoms with Gasteiger partial charge >= 0.3 is 6.03 Å². The second-order valence-corrected chi connectivity index (χ2v) is 10.6. The van der Waals surface area contributed by atoms with E-state index in [1.54, 1.807) is 30.3 Å². The smallest absolute Gasteiger partial charge is 0.335 e. The SMILES string of the molecule is COc1cc(/C=C2\C(=O)NC(=O)N(c3ccc(Cl)c(Cl)c3)C2=O)ccc1OCc1ccc(C(=O)N2CCCCC2)cc1. The van der Waals surface area contributed by atoms with Crippen molar-refractivity contribution in [1.82, 2.24) is 10.2 Å². The molecule has 2 fully saturated rings. The van der Waals surface area contributed by atoms with Crippen LogP contribution in [0.5, 0.6) is 11.5 Å². The maximum Gasteiger partial charge on any atom is 0.335 e. The van der Waals surface area contributed by atoms with E-state index in [9.17, 15) is 19.2 Å². The van der Waals surface area contributed by atoms with Gasteiger partial charge in [-0.05, 0) is 78.9 Å². The first-order valence-electron chi connectivity index (χ1n) is 13.3. The summed E-state index contributed by atoms with van der Waals surface area (Å²) >= 11 is 12.0. The van der Waals surface area contributed by atoms with Crippen molar-refractivity contribution in [2.75, 3.05) is 25.1 Å². The van der Waals surface area contributed by atoms with Gasteiger partial charge in [0.25, 0.3) is 17.7 Å². The number of hydrogen-bond acceptors (Lipinski definition) is 6. The Labute approximate surface area is 252 Å². The Kier molecular flexibility index (Phi) is 8.80. The van der Waals surface area contributed by atoms with Crippen molar-refractivity contribution in [2.45, 2.75) is 25.9 Å². The molecule has 5 rings (SSSR count). The minimum atomic E-state index is -0.897. The Morgan fingerprint density at radius 3 is 2.33 bits per heavy atom. The number of benzene rings is 3. The summed E-state index contributed by atoms with van der Waals surface area (Å²) in [4.78, 5) is 53.7. The number of hydrogen-bond donors (Lipinski definition) is 1. The molecule has 42 heavy (non-hydrogen) atoms. The maximum absolute atomic E-state index is 13.2. The number of ether oxygens (including phenoxy) is 2. The van der Waals surface area contributed by atoms with E-state index in [0.29, 0.717) is 22.6 Å². The van der Waals surface area contributed by atoms with Crippen LogP contribution >= 0.6 is 23.2 Å². The lowest BCUT2D eigenvalue weighted by Crippen LogP contribution is -2.54. The van der Waals surface area contributed by atoms with Gasteiger partial charge in [0.15, 0.2) is 11.5 Å². The van der Waals surface area contributed by atoms with Gasteiger partial charge in [-0.1, -0.05) is 41.4 Å². The van der Waals surface area contributed by atoms with Gasteiger partial charge in [-0.3, -0.25) is 19.7 Å². The topological polar surface area (TPSA) is 105 Å². The second kappa shape index (κ2) is 12.7. The van der Waals surface area contributed by atoms with Gasteiger partial charge in [0.1, 0.15) is 12.2 Å². The Hall–Kier alpha value is -4.34. The molecule has 2 aliphatic rings. The predicted octanol–water partition coefficient (Wildman–Crippen LogP) is 5.87. The zero-order valence-electron chi connectivity index (χ0n) is 22.7. The van der Waals surface area contributed by atoms with E-state index in [1.807, 2.05) is 17.0 Å². The number of nitrogens with one attached hydrogen (secondary N) is 1. The van der Waals surface area contributed by atoms with Crippen molar-refractivity contribution in [2.24, 2.45) is 0 Å². The average Bonchev–Trinajstić information content (AvgIpc) is 3.00. The molecule has 5 amide bonds. The molecule has 0 saturated carbocycles. The maximum atomic E-state index is 13.2. The molecule has 0 aliphatic carbocycles. The van der Waals surface area contributed by atoms with Gasteiger partial charge in [-0.2, -0.15) is 0 Å². The van der Waals surface area contributed by atoms with E-state index in [0.717, 1.165) is 42.8 Å². The van der Waals surface area contributed by atoms with Crippen LogP contribution in [0.15, 0.2) is 66.2 Å². The first kappa shape index (κ1) is 29.2. The Morgan fingerprint density at radius 2 is 1.64 bits per heavy atom. The zero-order chi connectivity index (χ0) is 29.8. The third-order valence-electron chi connectivity index (χ3n) is 7.00. The molecule has 0 atom stereocenters. The van der Waals surface area contributed by atoms with E-state index < -0.39 is 17.8 Å². The van der Waals surface area contributed by atoms with E-state index in [4.69, 9.17) is 32.7 Å². The molecule has 2 heterocycles. The molecule has 216 valence electrons. The van der Waals surface area contributed by atoms with E-state index >= 15 is 0 Å². The van der Waals surface area contributed by atoms with Crippen molar-refractivity contribution < 1.29 is 28.7 Å².